The van der Waals surface area contributed by atoms with Crippen LogP contribution in [0.4, 0.5) is 31.7 Å². The maximum absolute atomic E-state index is 14.4. The van der Waals surface area contributed by atoms with E-state index in [1.807, 2.05) is 0 Å². The number of ether oxygens (including phenoxy) is 1. The largest absolute Gasteiger partial charge is 0.358 e. The number of carbonyl (C=O) groups is 1. The Kier molecular flexibility index (Phi) is 7.73. The van der Waals surface area contributed by atoms with Crippen LogP contribution in [0, 0.1) is 12.8 Å². The van der Waals surface area contributed by atoms with E-state index >= 15 is 0 Å². The molecule has 0 radical (unpaired) electrons. The molecule has 234 valence electrons. The SMILES string of the molecule is Cc1nc(-c2ccc(Nc3cc(NC(=O)C4CC4)nc4c3nc(C(F)F)n4C3CCCCO3)c(N(C)S(C)(=O)=O)c2)n(C)n1. The fraction of sp³-hybridized carbons (Fsp3) is 0.464. The first-order chi connectivity index (χ1) is 20.9. The molecular weight excluding hydrogens is 596 g/mol. The fourth-order valence-corrected chi connectivity index (χ4v) is 5.81. The number of hydrogen-bond donors (Lipinski definition) is 2. The van der Waals surface area contributed by atoms with Gasteiger partial charge in [0.2, 0.25) is 15.9 Å². The Morgan fingerprint density at radius 1 is 1.11 bits per heavy atom. The van der Waals surface area contributed by atoms with Gasteiger partial charge in [0.1, 0.15) is 23.4 Å². The van der Waals surface area contributed by atoms with Gasteiger partial charge in [0.15, 0.2) is 17.3 Å². The minimum Gasteiger partial charge on any atom is -0.358 e. The minimum atomic E-state index is -3.73. The lowest BCUT2D eigenvalue weighted by Crippen LogP contribution is -2.25. The van der Waals surface area contributed by atoms with Crippen LogP contribution >= 0.6 is 0 Å². The standard InChI is InChI=1S/C28H33F2N9O4S/c1-15-31-25(37(2)36-15)17-10-11-18(20(13-17)38(3)44(4,41)42)32-19-14-21(34-28(40)16-8-9-16)33-26-23(19)35-27(24(29)30)39(26)22-7-5-6-12-43-22/h10-11,13-14,16,22,24H,5-9,12H2,1-4H3,(H2,32,33,34,40). The Balaban J connectivity index is 1.51. The average Bonchev–Trinajstić information content (AvgIpc) is 3.67. The van der Waals surface area contributed by atoms with Crippen molar-refractivity contribution in [1.82, 2.24) is 29.3 Å². The van der Waals surface area contributed by atoms with Gasteiger partial charge in [0, 0.05) is 38.2 Å². The molecule has 1 saturated carbocycles. The second-order valence-corrected chi connectivity index (χ2v) is 13.2. The van der Waals surface area contributed by atoms with Crippen molar-refractivity contribution < 1.29 is 26.7 Å². The summed E-state index contributed by atoms with van der Waals surface area (Å²) in [6, 6.07) is 6.58. The van der Waals surface area contributed by atoms with E-state index in [2.05, 4.69) is 30.7 Å². The van der Waals surface area contributed by atoms with Crippen LogP contribution in [0.1, 0.15) is 56.4 Å². The van der Waals surface area contributed by atoms with Gasteiger partial charge < -0.3 is 15.4 Å². The number of alkyl halides is 2. The summed E-state index contributed by atoms with van der Waals surface area (Å²) in [6.45, 7) is 2.16. The highest BCUT2D eigenvalue weighted by Crippen LogP contribution is 2.39. The van der Waals surface area contributed by atoms with E-state index < -0.39 is 28.5 Å². The van der Waals surface area contributed by atoms with E-state index in [1.54, 1.807) is 36.9 Å². The second kappa shape index (κ2) is 11.4. The van der Waals surface area contributed by atoms with Crippen molar-refractivity contribution in [1.29, 1.82) is 0 Å². The van der Waals surface area contributed by atoms with Crippen molar-refractivity contribution >= 4 is 50.0 Å². The third-order valence-electron chi connectivity index (χ3n) is 7.74. The number of sulfonamides is 1. The highest BCUT2D eigenvalue weighted by molar-refractivity contribution is 7.92. The summed E-state index contributed by atoms with van der Waals surface area (Å²) in [7, 11) is -0.579. The number of rotatable bonds is 9. The van der Waals surface area contributed by atoms with E-state index in [1.165, 1.54) is 17.7 Å². The van der Waals surface area contributed by atoms with Gasteiger partial charge in [-0.3, -0.25) is 13.7 Å². The average molecular weight is 630 g/mol. The van der Waals surface area contributed by atoms with Crippen molar-refractivity contribution in [2.24, 2.45) is 13.0 Å². The molecule has 4 heterocycles. The number of halogens is 2. The number of carbonyl (C=O) groups excluding carboxylic acids is 1. The molecule has 44 heavy (non-hydrogen) atoms. The molecular formula is C28H33F2N9O4S. The van der Waals surface area contributed by atoms with E-state index in [9.17, 15) is 22.0 Å². The molecule has 0 spiro atoms. The zero-order valence-electron chi connectivity index (χ0n) is 24.7. The van der Waals surface area contributed by atoms with E-state index in [-0.39, 0.29) is 40.2 Å². The molecule has 1 unspecified atom stereocenters. The van der Waals surface area contributed by atoms with Crippen LogP contribution in [0.5, 0.6) is 0 Å². The van der Waals surface area contributed by atoms with Gasteiger partial charge in [0.05, 0.1) is 23.3 Å². The minimum absolute atomic E-state index is 0.118. The number of benzene rings is 1. The zero-order valence-corrected chi connectivity index (χ0v) is 25.5. The van der Waals surface area contributed by atoms with Gasteiger partial charge in [-0.25, -0.2) is 36.8 Å². The van der Waals surface area contributed by atoms with Gasteiger partial charge >= 0.3 is 0 Å². The predicted octanol–water partition coefficient (Wildman–Crippen LogP) is 4.66. The summed E-state index contributed by atoms with van der Waals surface area (Å²) in [5.41, 5.74) is 1.72. The molecule has 3 aromatic heterocycles. The van der Waals surface area contributed by atoms with Gasteiger partial charge in [-0.15, -0.1) is 0 Å². The number of hydrogen-bond acceptors (Lipinski definition) is 9. The molecule has 1 aromatic carbocycles. The summed E-state index contributed by atoms with van der Waals surface area (Å²) >= 11 is 0. The summed E-state index contributed by atoms with van der Waals surface area (Å²) in [6.07, 6.45) is 1.09. The topological polar surface area (TPSA) is 149 Å². The highest BCUT2D eigenvalue weighted by atomic mass is 32.2. The Bertz CT molecular complexity index is 1850. The first-order valence-corrected chi connectivity index (χ1v) is 16.1. The lowest BCUT2D eigenvalue weighted by atomic mass is 10.1. The van der Waals surface area contributed by atoms with Crippen LogP contribution in [0.2, 0.25) is 0 Å². The van der Waals surface area contributed by atoms with Crippen LogP contribution in [0.3, 0.4) is 0 Å². The molecule has 1 amide bonds. The molecule has 4 aromatic rings. The Morgan fingerprint density at radius 3 is 2.50 bits per heavy atom. The van der Waals surface area contributed by atoms with Crippen molar-refractivity contribution in [3.8, 4) is 11.4 Å². The number of imidazole rings is 1. The number of aryl methyl sites for hydroxylation is 2. The summed E-state index contributed by atoms with van der Waals surface area (Å²) < 4.78 is 64.1. The monoisotopic (exact) mass is 629 g/mol. The molecule has 16 heteroatoms. The first-order valence-electron chi connectivity index (χ1n) is 14.3. The Hall–Kier alpha value is -4.18. The summed E-state index contributed by atoms with van der Waals surface area (Å²) in [5.74, 6) is 0.390. The van der Waals surface area contributed by atoms with Crippen molar-refractivity contribution in [2.45, 2.75) is 51.7 Å². The zero-order chi connectivity index (χ0) is 31.3. The fourth-order valence-electron chi connectivity index (χ4n) is 5.30. The van der Waals surface area contributed by atoms with Crippen LogP contribution < -0.4 is 14.9 Å². The van der Waals surface area contributed by atoms with Crippen molar-refractivity contribution in [2.75, 3.05) is 34.8 Å². The van der Waals surface area contributed by atoms with Gasteiger partial charge in [-0.2, -0.15) is 5.10 Å². The lowest BCUT2D eigenvalue weighted by molar-refractivity contribution is -0.117. The number of fused-ring (bicyclic) bond motifs is 1. The maximum atomic E-state index is 14.4. The molecule has 2 fully saturated rings. The van der Waals surface area contributed by atoms with Crippen LogP contribution in [-0.4, -0.2) is 63.5 Å². The molecule has 2 N–H and O–H groups in total. The van der Waals surface area contributed by atoms with E-state index in [0.717, 1.165) is 36.2 Å². The predicted molar refractivity (Wildman–Crippen MR) is 160 cm³/mol. The van der Waals surface area contributed by atoms with E-state index in [4.69, 9.17) is 4.74 Å². The molecule has 2 aliphatic rings. The van der Waals surface area contributed by atoms with Gasteiger partial charge in [-0.1, -0.05) is 0 Å². The quantitative estimate of drug-likeness (QED) is 0.270. The summed E-state index contributed by atoms with van der Waals surface area (Å²) in [4.78, 5) is 26.0. The van der Waals surface area contributed by atoms with Crippen molar-refractivity contribution in [3.63, 3.8) is 0 Å². The lowest BCUT2D eigenvalue weighted by Gasteiger charge is -2.25. The third kappa shape index (κ3) is 5.83. The van der Waals surface area contributed by atoms with Crippen LogP contribution in [-0.2, 0) is 26.6 Å². The Labute approximate surface area is 252 Å². The number of anilines is 4. The normalized spacial score (nSPS) is 17.3. The number of aromatic nitrogens is 6. The number of nitrogens with one attached hydrogen (secondary N) is 2. The number of pyridine rings is 1. The molecule has 1 aliphatic carbocycles. The molecule has 6 rings (SSSR count). The maximum Gasteiger partial charge on any atom is 0.295 e. The van der Waals surface area contributed by atoms with Crippen LogP contribution in [0.15, 0.2) is 24.3 Å². The van der Waals surface area contributed by atoms with Crippen LogP contribution in [0.25, 0.3) is 22.6 Å². The molecule has 1 aliphatic heterocycles. The molecule has 0 bridgehead atoms. The second-order valence-electron chi connectivity index (χ2n) is 11.1. The number of nitrogens with zero attached hydrogens (tertiary/aromatic N) is 7. The molecule has 1 saturated heterocycles. The van der Waals surface area contributed by atoms with Crippen molar-refractivity contribution in [3.05, 3.63) is 35.9 Å². The molecule has 1 atom stereocenters. The highest BCUT2D eigenvalue weighted by Gasteiger charge is 2.32. The van der Waals surface area contributed by atoms with Gasteiger partial charge in [0.25, 0.3) is 6.43 Å². The smallest absolute Gasteiger partial charge is 0.295 e. The Morgan fingerprint density at radius 2 is 1.89 bits per heavy atom. The molecule has 13 nitrogen and oxygen atoms in total. The van der Waals surface area contributed by atoms with E-state index in [0.29, 0.717) is 35.9 Å². The first kappa shape index (κ1) is 29.9. The van der Waals surface area contributed by atoms with Gasteiger partial charge in [-0.05, 0) is 57.2 Å². The number of amides is 1. The third-order valence-corrected chi connectivity index (χ3v) is 8.94. The summed E-state index contributed by atoms with van der Waals surface area (Å²) in [5, 5.41) is 10.3.